The summed E-state index contributed by atoms with van der Waals surface area (Å²) >= 11 is 0. The minimum atomic E-state index is -0.321. The molecular formula is C27H33N3O5. The Morgan fingerprint density at radius 1 is 1.11 bits per heavy atom. The maximum absolute atomic E-state index is 12.8. The minimum absolute atomic E-state index is 0.120. The molecule has 1 saturated heterocycles. The average molecular weight is 480 g/mol. The molecule has 0 saturated carbocycles. The second-order valence-electron chi connectivity index (χ2n) is 9.29. The van der Waals surface area contributed by atoms with Crippen LogP contribution >= 0.6 is 0 Å². The van der Waals surface area contributed by atoms with E-state index in [2.05, 4.69) is 24.1 Å². The number of benzene rings is 2. The molecular weight excluding hydrogens is 446 g/mol. The van der Waals surface area contributed by atoms with Crippen LogP contribution in [0.25, 0.3) is 0 Å². The van der Waals surface area contributed by atoms with Crippen LogP contribution in [0.2, 0.25) is 0 Å². The zero-order chi connectivity index (χ0) is 24.8. The summed E-state index contributed by atoms with van der Waals surface area (Å²) in [5.41, 5.74) is 1.94. The lowest BCUT2D eigenvalue weighted by Gasteiger charge is -2.29. The molecule has 0 spiro atoms. The molecule has 1 N–H and O–H groups in total. The fourth-order valence-corrected chi connectivity index (χ4v) is 4.30. The van der Waals surface area contributed by atoms with Crippen molar-refractivity contribution >= 4 is 23.3 Å². The van der Waals surface area contributed by atoms with Gasteiger partial charge in [0.2, 0.25) is 5.91 Å². The summed E-state index contributed by atoms with van der Waals surface area (Å²) in [5, 5.41) is 2.89. The summed E-state index contributed by atoms with van der Waals surface area (Å²) in [7, 11) is 0. The highest BCUT2D eigenvalue weighted by molar-refractivity contribution is 6.04. The van der Waals surface area contributed by atoms with Gasteiger partial charge in [-0.3, -0.25) is 19.3 Å². The first-order valence-corrected chi connectivity index (χ1v) is 12.2. The van der Waals surface area contributed by atoms with E-state index >= 15 is 0 Å². The molecule has 2 heterocycles. The molecule has 2 aliphatic rings. The topological polar surface area (TPSA) is 88.2 Å². The van der Waals surface area contributed by atoms with Crippen LogP contribution in [0.4, 0.5) is 5.69 Å². The summed E-state index contributed by atoms with van der Waals surface area (Å²) < 4.78 is 11.3. The first-order valence-electron chi connectivity index (χ1n) is 12.2. The van der Waals surface area contributed by atoms with Gasteiger partial charge in [0.15, 0.2) is 19.0 Å². The van der Waals surface area contributed by atoms with Gasteiger partial charge in [-0.1, -0.05) is 26.0 Å². The van der Waals surface area contributed by atoms with Gasteiger partial charge in [0.1, 0.15) is 18.0 Å². The Morgan fingerprint density at radius 3 is 2.69 bits per heavy atom. The van der Waals surface area contributed by atoms with Crippen molar-refractivity contribution in [3.05, 3.63) is 53.6 Å². The van der Waals surface area contributed by atoms with Crippen molar-refractivity contribution < 1.29 is 23.9 Å². The molecule has 2 aromatic rings. The van der Waals surface area contributed by atoms with Crippen LogP contribution < -0.4 is 19.7 Å². The molecule has 0 atom stereocenters. The Labute approximate surface area is 206 Å². The van der Waals surface area contributed by atoms with Gasteiger partial charge < -0.3 is 19.7 Å². The lowest BCUT2D eigenvalue weighted by molar-refractivity contribution is -0.125. The third-order valence-electron chi connectivity index (χ3n) is 6.37. The number of carbonyl (C=O) groups is 3. The molecule has 4 rings (SSSR count). The number of ketones is 1. The predicted octanol–water partition coefficient (Wildman–Crippen LogP) is 3.01. The van der Waals surface area contributed by atoms with E-state index in [1.54, 1.807) is 18.2 Å². The normalized spacial score (nSPS) is 15.6. The fraction of sp³-hybridized carbons (Fsp3) is 0.444. The molecule has 8 nitrogen and oxygen atoms in total. The van der Waals surface area contributed by atoms with Gasteiger partial charge in [-0.05, 0) is 67.7 Å². The highest BCUT2D eigenvalue weighted by atomic mass is 16.5. The highest BCUT2D eigenvalue weighted by Crippen LogP contribution is 2.33. The molecule has 0 bridgehead atoms. The quantitative estimate of drug-likeness (QED) is 0.527. The lowest BCUT2D eigenvalue weighted by atomic mass is 10.0. The predicted molar refractivity (Wildman–Crippen MR) is 133 cm³/mol. The van der Waals surface area contributed by atoms with Crippen molar-refractivity contribution in [1.29, 1.82) is 0 Å². The standard InChI is InChI=1S/C27H33N3O5/c1-19(2)20-6-5-7-22(14-20)34-17-24(31)21-8-9-25-23(15-21)30(27(33)18-35-25)16-26(32)28-10-13-29-11-3-4-12-29/h5-9,14-15,19H,3-4,10-13,16-18H2,1-2H3,(H,28,32). The van der Waals surface area contributed by atoms with E-state index in [0.29, 0.717) is 35.2 Å². The SMILES string of the molecule is CC(C)c1cccc(OCC(=O)c2ccc3c(c2)N(CC(=O)NCCN2CCCC2)C(=O)CO3)c1. The number of rotatable bonds is 10. The fourth-order valence-electron chi connectivity index (χ4n) is 4.30. The van der Waals surface area contributed by atoms with Crippen LogP contribution in [0.1, 0.15) is 48.5 Å². The first kappa shape index (κ1) is 24.7. The van der Waals surface area contributed by atoms with E-state index in [1.807, 2.05) is 24.3 Å². The number of amides is 2. The maximum atomic E-state index is 12.8. The van der Waals surface area contributed by atoms with E-state index in [1.165, 1.54) is 17.7 Å². The van der Waals surface area contributed by atoms with Crippen molar-refractivity contribution in [3.63, 3.8) is 0 Å². The Hall–Kier alpha value is -3.39. The summed E-state index contributed by atoms with van der Waals surface area (Å²) in [6, 6.07) is 12.6. The molecule has 2 aromatic carbocycles. The molecule has 0 aromatic heterocycles. The van der Waals surface area contributed by atoms with Gasteiger partial charge in [-0.25, -0.2) is 0 Å². The number of nitrogens with one attached hydrogen (secondary N) is 1. The Morgan fingerprint density at radius 2 is 1.91 bits per heavy atom. The third-order valence-corrected chi connectivity index (χ3v) is 6.37. The van der Waals surface area contributed by atoms with Crippen molar-refractivity contribution in [3.8, 4) is 11.5 Å². The van der Waals surface area contributed by atoms with Crippen molar-refractivity contribution in [2.24, 2.45) is 0 Å². The average Bonchev–Trinajstić information content (AvgIpc) is 3.38. The zero-order valence-corrected chi connectivity index (χ0v) is 20.4. The van der Waals surface area contributed by atoms with Crippen molar-refractivity contribution in [2.75, 3.05) is 50.8 Å². The van der Waals surface area contributed by atoms with Gasteiger partial charge in [-0.2, -0.15) is 0 Å². The number of hydrogen-bond donors (Lipinski definition) is 1. The first-order chi connectivity index (χ1) is 16.9. The number of hydrogen-bond acceptors (Lipinski definition) is 6. The third kappa shape index (κ3) is 6.39. The number of likely N-dealkylation sites (tertiary alicyclic amines) is 1. The summed E-state index contributed by atoms with van der Waals surface area (Å²) in [5.74, 6) is 0.672. The Kier molecular flexibility index (Phi) is 8.02. The van der Waals surface area contributed by atoms with Gasteiger partial charge >= 0.3 is 0 Å². The molecule has 35 heavy (non-hydrogen) atoms. The lowest BCUT2D eigenvalue weighted by Crippen LogP contribution is -2.46. The van der Waals surface area contributed by atoms with Gasteiger partial charge in [0, 0.05) is 18.7 Å². The number of nitrogens with zero attached hydrogens (tertiary/aromatic N) is 2. The summed E-state index contributed by atoms with van der Waals surface area (Å²) in [6.07, 6.45) is 2.40. The van der Waals surface area contributed by atoms with E-state index in [9.17, 15) is 14.4 Å². The molecule has 2 aliphatic heterocycles. The van der Waals surface area contributed by atoms with Gasteiger partial charge in [-0.15, -0.1) is 0 Å². The monoisotopic (exact) mass is 479 g/mol. The van der Waals surface area contributed by atoms with Crippen LogP contribution in [0.3, 0.4) is 0 Å². The number of Topliss-reactive ketones (excluding diaryl/α,β-unsaturated/α-hetero) is 1. The minimum Gasteiger partial charge on any atom is -0.485 e. The summed E-state index contributed by atoms with van der Waals surface area (Å²) in [4.78, 5) is 41.6. The molecule has 2 amide bonds. The van der Waals surface area contributed by atoms with E-state index in [0.717, 1.165) is 25.2 Å². The number of carbonyl (C=O) groups excluding carboxylic acids is 3. The van der Waals surface area contributed by atoms with E-state index in [4.69, 9.17) is 9.47 Å². The molecule has 0 aliphatic carbocycles. The largest absolute Gasteiger partial charge is 0.485 e. The molecule has 0 radical (unpaired) electrons. The zero-order valence-electron chi connectivity index (χ0n) is 20.4. The van der Waals surface area contributed by atoms with Crippen LogP contribution in [-0.2, 0) is 9.59 Å². The van der Waals surface area contributed by atoms with E-state index < -0.39 is 0 Å². The Balaban J connectivity index is 1.38. The smallest absolute Gasteiger partial charge is 0.265 e. The van der Waals surface area contributed by atoms with Crippen molar-refractivity contribution in [1.82, 2.24) is 10.2 Å². The van der Waals surface area contributed by atoms with Crippen LogP contribution in [-0.4, -0.2) is 68.4 Å². The summed E-state index contributed by atoms with van der Waals surface area (Å²) in [6.45, 7) is 7.27. The number of fused-ring (bicyclic) bond motifs is 1. The molecule has 0 unspecified atom stereocenters. The maximum Gasteiger partial charge on any atom is 0.265 e. The van der Waals surface area contributed by atoms with Crippen molar-refractivity contribution in [2.45, 2.75) is 32.6 Å². The number of anilines is 1. The van der Waals surface area contributed by atoms with Gasteiger partial charge in [0.25, 0.3) is 5.91 Å². The van der Waals surface area contributed by atoms with Crippen LogP contribution in [0.5, 0.6) is 11.5 Å². The highest BCUT2D eigenvalue weighted by Gasteiger charge is 2.28. The second kappa shape index (κ2) is 11.4. The van der Waals surface area contributed by atoms with E-state index in [-0.39, 0.29) is 37.4 Å². The van der Waals surface area contributed by atoms with Crippen LogP contribution in [0.15, 0.2) is 42.5 Å². The molecule has 8 heteroatoms. The van der Waals surface area contributed by atoms with Crippen LogP contribution in [0, 0.1) is 0 Å². The molecule has 1 fully saturated rings. The number of ether oxygens (including phenoxy) is 2. The van der Waals surface area contributed by atoms with Gasteiger partial charge in [0.05, 0.1) is 5.69 Å². The molecule has 186 valence electrons. The Bertz CT molecular complexity index is 1080. The second-order valence-corrected chi connectivity index (χ2v) is 9.29.